The van der Waals surface area contributed by atoms with Gasteiger partial charge in [-0.15, -0.1) is 0 Å². The van der Waals surface area contributed by atoms with Crippen molar-refractivity contribution in [2.45, 2.75) is 32.2 Å². The van der Waals surface area contributed by atoms with E-state index in [9.17, 15) is 0 Å². The van der Waals surface area contributed by atoms with Crippen LogP contribution in [0.15, 0.2) is 65.9 Å². The fraction of sp³-hybridized carbons (Fsp3) is 0.241. The summed E-state index contributed by atoms with van der Waals surface area (Å²) in [6.45, 7) is 1.72. The number of hydrogen-bond acceptors (Lipinski definition) is 6. The summed E-state index contributed by atoms with van der Waals surface area (Å²) in [5.74, 6) is 0.830. The van der Waals surface area contributed by atoms with Crippen LogP contribution >= 0.6 is 0 Å². The molecule has 0 atom stereocenters. The molecule has 38 heavy (non-hydrogen) atoms. The normalized spacial score (nSPS) is 14.2. The van der Waals surface area contributed by atoms with Gasteiger partial charge in [0.05, 0.1) is 28.9 Å². The number of fused-ring (bicyclic) bond motifs is 2. The second-order valence-electron chi connectivity index (χ2n) is 9.94. The highest BCUT2D eigenvalue weighted by molar-refractivity contribution is 5.97. The molecule has 0 aliphatic heterocycles. The molecule has 9 heteroatoms. The molecule has 3 N–H and O–H groups in total. The van der Waals surface area contributed by atoms with E-state index in [0.717, 1.165) is 40.2 Å². The highest BCUT2D eigenvalue weighted by atomic mass is 19.1. The van der Waals surface area contributed by atoms with Crippen LogP contribution in [0, 0.1) is 11.7 Å². The third-order valence-corrected chi connectivity index (χ3v) is 7.46. The summed E-state index contributed by atoms with van der Waals surface area (Å²) in [6, 6.07) is 9.37. The summed E-state index contributed by atoms with van der Waals surface area (Å²) in [6.07, 6.45) is 13.8. The quantitative estimate of drug-likeness (QED) is 0.236. The Kier molecular flexibility index (Phi) is 5.70. The second-order valence-corrected chi connectivity index (χ2v) is 9.94. The van der Waals surface area contributed by atoms with Gasteiger partial charge in [-0.05, 0) is 61.2 Å². The molecule has 1 saturated carbocycles. The van der Waals surface area contributed by atoms with Crippen molar-refractivity contribution in [2.24, 2.45) is 5.92 Å². The minimum absolute atomic E-state index is 0.368. The first-order valence-corrected chi connectivity index (χ1v) is 12.9. The Morgan fingerprint density at radius 2 is 1.97 bits per heavy atom. The Morgan fingerprint density at radius 1 is 1.05 bits per heavy atom. The smallest absolute Gasteiger partial charge is 0.178 e. The van der Waals surface area contributed by atoms with E-state index in [1.807, 2.05) is 30.5 Å². The van der Waals surface area contributed by atoms with Crippen molar-refractivity contribution in [3.05, 3.63) is 72.8 Å². The lowest BCUT2D eigenvalue weighted by Crippen LogP contribution is -2.20. The maximum Gasteiger partial charge on any atom is 0.178 e. The van der Waals surface area contributed by atoms with Crippen molar-refractivity contribution in [2.75, 3.05) is 6.54 Å². The SMILES string of the molecule is Fc1c(-c2cncc(CNCC3CCCC3)c2)ccc2[nH]nc(-c3nc4nccc(-c5ccoc5)c4[nH]3)c12. The largest absolute Gasteiger partial charge is 0.472 e. The molecule has 1 aromatic carbocycles. The number of aromatic nitrogens is 6. The molecule has 6 aromatic rings. The van der Waals surface area contributed by atoms with Crippen molar-refractivity contribution in [1.82, 2.24) is 35.5 Å². The number of nitrogens with zero attached hydrogens (tertiary/aromatic N) is 4. The molecule has 5 aromatic heterocycles. The lowest BCUT2D eigenvalue weighted by atomic mass is 10.0. The number of furan rings is 1. The Hall–Kier alpha value is -4.37. The highest BCUT2D eigenvalue weighted by Gasteiger charge is 2.21. The predicted octanol–water partition coefficient (Wildman–Crippen LogP) is 6.24. The summed E-state index contributed by atoms with van der Waals surface area (Å²) < 4.78 is 21.4. The molecule has 0 spiro atoms. The number of rotatable bonds is 7. The van der Waals surface area contributed by atoms with Crippen LogP contribution in [0.2, 0.25) is 0 Å². The molecule has 1 aliphatic rings. The predicted molar refractivity (Wildman–Crippen MR) is 144 cm³/mol. The summed E-state index contributed by atoms with van der Waals surface area (Å²) in [5, 5.41) is 11.3. The van der Waals surface area contributed by atoms with E-state index in [4.69, 9.17) is 4.42 Å². The standard InChI is InChI=1S/C29H26FN7O/c30-25-21(20-11-18(14-32-15-20)13-31-12-17-3-1-2-4-17)5-6-23-24(25)27(37-36-23)29-34-26-22(19-8-10-38-16-19)7-9-33-28(26)35-29/h5-11,14-17,31H,1-4,12-13H2,(H,36,37)(H,33,34,35). The zero-order valence-corrected chi connectivity index (χ0v) is 20.7. The number of aromatic amines is 2. The highest BCUT2D eigenvalue weighted by Crippen LogP contribution is 2.35. The maximum absolute atomic E-state index is 16.1. The van der Waals surface area contributed by atoms with Crippen LogP contribution in [0.5, 0.6) is 0 Å². The first-order chi connectivity index (χ1) is 18.7. The third-order valence-electron chi connectivity index (χ3n) is 7.46. The first-order valence-electron chi connectivity index (χ1n) is 12.9. The monoisotopic (exact) mass is 507 g/mol. The van der Waals surface area contributed by atoms with Crippen molar-refractivity contribution in [3.63, 3.8) is 0 Å². The van der Waals surface area contributed by atoms with E-state index in [2.05, 4.69) is 35.5 Å². The molecule has 190 valence electrons. The Balaban J connectivity index is 1.23. The van der Waals surface area contributed by atoms with Crippen LogP contribution < -0.4 is 5.32 Å². The minimum Gasteiger partial charge on any atom is -0.472 e. The Bertz CT molecular complexity index is 1730. The van der Waals surface area contributed by atoms with Crippen LogP contribution in [0.3, 0.4) is 0 Å². The zero-order valence-electron chi connectivity index (χ0n) is 20.7. The zero-order chi connectivity index (χ0) is 25.5. The van der Waals surface area contributed by atoms with Crippen LogP contribution in [0.25, 0.3) is 55.8 Å². The lowest BCUT2D eigenvalue weighted by Gasteiger charge is -2.11. The van der Waals surface area contributed by atoms with Gasteiger partial charge in [0.1, 0.15) is 11.5 Å². The van der Waals surface area contributed by atoms with Crippen molar-refractivity contribution in [3.8, 4) is 33.8 Å². The minimum atomic E-state index is -0.368. The molecule has 7 rings (SSSR count). The van der Waals surface area contributed by atoms with E-state index in [0.29, 0.717) is 40.2 Å². The third kappa shape index (κ3) is 4.05. The molecule has 1 aliphatic carbocycles. The van der Waals surface area contributed by atoms with Crippen LogP contribution in [0.1, 0.15) is 31.2 Å². The number of benzene rings is 1. The number of imidazole rings is 1. The fourth-order valence-corrected chi connectivity index (χ4v) is 5.52. The molecule has 0 saturated heterocycles. The molecule has 8 nitrogen and oxygen atoms in total. The second kappa shape index (κ2) is 9.50. The number of H-pyrrole nitrogens is 2. The van der Waals surface area contributed by atoms with Crippen LogP contribution in [-0.4, -0.2) is 36.7 Å². The van der Waals surface area contributed by atoms with Gasteiger partial charge < -0.3 is 14.7 Å². The van der Waals surface area contributed by atoms with Gasteiger partial charge in [-0.1, -0.05) is 12.8 Å². The van der Waals surface area contributed by atoms with E-state index >= 15 is 4.39 Å². The molecular weight excluding hydrogens is 481 g/mol. The molecule has 0 amide bonds. The summed E-state index contributed by atoms with van der Waals surface area (Å²) in [7, 11) is 0. The van der Waals surface area contributed by atoms with E-state index in [-0.39, 0.29) is 5.82 Å². The number of halogens is 1. The Labute approximate surface area is 217 Å². The number of hydrogen-bond donors (Lipinski definition) is 3. The molecule has 0 bridgehead atoms. The van der Waals surface area contributed by atoms with Gasteiger partial charge in [0.2, 0.25) is 0 Å². The van der Waals surface area contributed by atoms with Crippen molar-refractivity contribution in [1.29, 1.82) is 0 Å². The van der Waals surface area contributed by atoms with Crippen LogP contribution in [-0.2, 0) is 6.54 Å². The van der Waals surface area contributed by atoms with E-state index in [1.165, 1.54) is 25.7 Å². The lowest BCUT2D eigenvalue weighted by molar-refractivity contribution is 0.489. The van der Waals surface area contributed by atoms with E-state index < -0.39 is 0 Å². The average Bonchev–Trinajstić information content (AvgIpc) is 3.75. The van der Waals surface area contributed by atoms with Gasteiger partial charge in [0.25, 0.3) is 0 Å². The van der Waals surface area contributed by atoms with Crippen molar-refractivity contribution < 1.29 is 8.81 Å². The van der Waals surface area contributed by atoms with Crippen molar-refractivity contribution >= 4 is 22.1 Å². The topological polar surface area (TPSA) is 108 Å². The summed E-state index contributed by atoms with van der Waals surface area (Å²) in [4.78, 5) is 16.7. The average molecular weight is 508 g/mol. The number of pyridine rings is 2. The van der Waals surface area contributed by atoms with Gasteiger partial charge in [-0.25, -0.2) is 14.4 Å². The molecule has 0 unspecified atom stereocenters. The van der Waals surface area contributed by atoms with Gasteiger partial charge >= 0.3 is 0 Å². The van der Waals surface area contributed by atoms with Gasteiger partial charge in [0.15, 0.2) is 11.5 Å². The first kappa shape index (κ1) is 22.8. The maximum atomic E-state index is 16.1. The van der Waals surface area contributed by atoms with Crippen LogP contribution in [0.4, 0.5) is 4.39 Å². The molecule has 0 radical (unpaired) electrons. The van der Waals surface area contributed by atoms with Gasteiger partial charge in [-0.3, -0.25) is 10.1 Å². The number of nitrogens with one attached hydrogen (secondary N) is 3. The van der Waals surface area contributed by atoms with E-state index in [1.54, 1.807) is 31.0 Å². The molecule has 1 fully saturated rings. The molecule has 5 heterocycles. The van der Waals surface area contributed by atoms with Gasteiger partial charge in [0, 0.05) is 47.4 Å². The Morgan fingerprint density at radius 3 is 2.84 bits per heavy atom. The summed E-state index contributed by atoms with van der Waals surface area (Å²) >= 11 is 0. The van der Waals surface area contributed by atoms with Gasteiger partial charge in [-0.2, -0.15) is 5.10 Å². The molecular formula is C29H26FN7O. The fourth-order valence-electron chi connectivity index (χ4n) is 5.52. The summed E-state index contributed by atoms with van der Waals surface area (Å²) in [5.41, 5.74) is 6.27.